The SMILES string of the molecule is Cc1csc(CNc2ccc([N+](=O)[O-])cc2Br)n1. The fourth-order valence-electron chi connectivity index (χ4n) is 1.42. The predicted molar refractivity (Wildman–Crippen MR) is 75.0 cm³/mol. The Morgan fingerprint density at radius 1 is 1.56 bits per heavy atom. The first-order chi connectivity index (χ1) is 8.56. The molecule has 0 spiro atoms. The molecule has 7 heteroatoms. The Hall–Kier alpha value is -1.47. The monoisotopic (exact) mass is 327 g/mol. The largest absolute Gasteiger partial charge is 0.378 e. The molecule has 1 heterocycles. The van der Waals surface area contributed by atoms with Crippen LogP contribution in [0.25, 0.3) is 0 Å². The van der Waals surface area contributed by atoms with Gasteiger partial charge in [-0.3, -0.25) is 10.1 Å². The van der Waals surface area contributed by atoms with Crippen molar-refractivity contribution in [3.05, 3.63) is 48.9 Å². The van der Waals surface area contributed by atoms with Crippen LogP contribution in [0.15, 0.2) is 28.1 Å². The van der Waals surface area contributed by atoms with Crippen LogP contribution in [-0.4, -0.2) is 9.91 Å². The van der Waals surface area contributed by atoms with Gasteiger partial charge in [-0.2, -0.15) is 0 Å². The highest BCUT2D eigenvalue weighted by Crippen LogP contribution is 2.27. The lowest BCUT2D eigenvalue weighted by atomic mass is 10.3. The lowest BCUT2D eigenvalue weighted by Gasteiger charge is -2.06. The zero-order valence-corrected chi connectivity index (χ0v) is 11.9. The maximum Gasteiger partial charge on any atom is 0.270 e. The number of aromatic nitrogens is 1. The van der Waals surface area contributed by atoms with Crippen LogP contribution in [0, 0.1) is 17.0 Å². The van der Waals surface area contributed by atoms with Gasteiger partial charge in [-0.25, -0.2) is 4.98 Å². The third-order valence-corrected chi connectivity index (χ3v) is 3.88. The van der Waals surface area contributed by atoms with Crippen molar-refractivity contribution < 1.29 is 4.92 Å². The normalized spacial score (nSPS) is 10.3. The summed E-state index contributed by atoms with van der Waals surface area (Å²) in [4.78, 5) is 14.5. The summed E-state index contributed by atoms with van der Waals surface area (Å²) < 4.78 is 0.671. The fourth-order valence-corrected chi connectivity index (χ4v) is 2.63. The summed E-state index contributed by atoms with van der Waals surface area (Å²) in [5, 5.41) is 16.8. The zero-order valence-electron chi connectivity index (χ0n) is 9.51. The summed E-state index contributed by atoms with van der Waals surface area (Å²) >= 11 is 4.90. The number of hydrogen-bond donors (Lipinski definition) is 1. The number of benzene rings is 1. The minimum atomic E-state index is -0.418. The average Bonchev–Trinajstić information content (AvgIpc) is 2.73. The molecule has 0 bridgehead atoms. The predicted octanol–water partition coefficient (Wildman–Crippen LogP) is 3.73. The number of nitrogens with one attached hydrogen (secondary N) is 1. The molecule has 0 saturated heterocycles. The molecule has 18 heavy (non-hydrogen) atoms. The highest BCUT2D eigenvalue weighted by Gasteiger charge is 2.09. The maximum absolute atomic E-state index is 10.6. The van der Waals surface area contributed by atoms with Crippen molar-refractivity contribution in [2.45, 2.75) is 13.5 Å². The number of non-ortho nitro benzene ring substituents is 1. The Morgan fingerprint density at radius 3 is 2.89 bits per heavy atom. The quantitative estimate of drug-likeness (QED) is 0.686. The van der Waals surface area contributed by atoms with E-state index in [1.54, 1.807) is 17.4 Å². The van der Waals surface area contributed by atoms with Gasteiger partial charge in [-0.15, -0.1) is 11.3 Å². The molecular weight excluding hydrogens is 318 g/mol. The smallest absolute Gasteiger partial charge is 0.270 e. The van der Waals surface area contributed by atoms with Gasteiger partial charge >= 0.3 is 0 Å². The van der Waals surface area contributed by atoms with E-state index in [-0.39, 0.29) is 5.69 Å². The first-order valence-electron chi connectivity index (χ1n) is 5.15. The molecule has 0 saturated carbocycles. The van der Waals surface area contributed by atoms with Crippen LogP contribution in [0.5, 0.6) is 0 Å². The standard InChI is InChI=1S/C11H10BrN3O2S/c1-7-6-18-11(14-7)5-13-10-3-2-8(15(16)17)4-9(10)12/h2-4,6,13H,5H2,1H3. The number of nitro groups is 1. The number of hydrogen-bond acceptors (Lipinski definition) is 5. The molecule has 0 unspecified atom stereocenters. The topological polar surface area (TPSA) is 68.1 Å². The molecule has 1 N–H and O–H groups in total. The fraction of sp³-hybridized carbons (Fsp3) is 0.182. The van der Waals surface area contributed by atoms with E-state index in [1.807, 2.05) is 12.3 Å². The second kappa shape index (κ2) is 5.45. The van der Waals surface area contributed by atoms with Crippen molar-refractivity contribution in [3.8, 4) is 0 Å². The number of aryl methyl sites for hydroxylation is 1. The highest BCUT2D eigenvalue weighted by molar-refractivity contribution is 9.10. The maximum atomic E-state index is 10.6. The van der Waals surface area contributed by atoms with Crippen LogP contribution in [0.4, 0.5) is 11.4 Å². The van der Waals surface area contributed by atoms with E-state index in [0.717, 1.165) is 16.4 Å². The van der Waals surface area contributed by atoms with Gasteiger partial charge in [0.1, 0.15) is 5.01 Å². The second-order valence-electron chi connectivity index (χ2n) is 3.66. The third kappa shape index (κ3) is 3.05. The molecule has 1 aromatic carbocycles. The van der Waals surface area contributed by atoms with Crippen LogP contribution >= 0.6 is 27.3 Å². The molecular formula is C11H10BrN3O2S. The van der Waals surface area contributed by atoms with Crippen LogP contribution < -0.4 is 5.32 Å². The van der Waals surface area contributed by atoms with Gasteiger partial charge in [0.2, 0.25) is 0 Å². The number of rotatable bonds is 4. The van der Waals surface area contributed by atoms with Gasteiger partial charge in [-0.05, 0) is 28.9 Å². The van der Waals surface area contributed by atoms with Crippen molar-refractivity contribution in [1.82, 2.24) is 4.98 Å². The summed E-state index contributed by atoms with van der Waals surface area (Å²) in [6.45, 7) is 2.55. The zero-order chi connectivity index (χ0) is 13.1. The molecule has 0 aliphatic rings. The molecule has 94 valence electrons. The molecule has 1 aromatic heterocycles. The number of halogens is 1. The van der Waals surface area contributed by atoms with Crippen molar-refractivity contribution in [2.24, 2.45) is 0 Å². The highest BCUT2D eigenvalue weighted by atomic mass is 79.9. The van der Waals surface area contributed by atoms with Crippen molar-refractivity contribution >= 4 is 38.6 Å². The molecule has 0 aliphatic carbocycles. The van der Waals surface area contributed by atoms with E-state index in [1.165, 1.54) is 12.1 Å². The van der Waals surface area contributed by atoms with Gasteiger partial charge in [0.05, 0.1) is 11.5 Å². The summed E-state index contributed by atoms with van der Waals surface area (Å²) in [5.41, 5.74) is 1.88. The first kappa shape index (κ1) is 13.0. The Balaban J connectivity index is 2.08. The number of nitro benzene ring substituents is 1. The lowest BCUT2D eigenvalue weighted by molar-refractivity contribution is -0.384. The third-order valence-electron chi connectivity index (χ3n) is 2.26. The lowest BCUT2D eigenvalue weighted by Crippen LogP contribution is -2.00. The summed E-state index contributed by atoms with van der Waals surface area (Å²) in [7, 11) is 0. The van der Waals surface area contributed by atoms with Crippen LogP contribution in [0.3, 0.4) is 0 Å². The molecule has 0 amide bonds. The minimum absolute atomic E-state index is 0.0671. The van der Waals surface area contributed by atoms with E-state index < -0.39 is 4.92 Å². The first-order valence-corrected chi connectivity index (χ1v) is 6.82. The van der Waals surface area contributed by atoms with Gasteiger partial charge < -0.3 is 5.32 Å². The van der Waals surface area contributed by atoms with Gasteiger partial charge in [0.15, 0.2) is 0 Å². The van der Waals surface area contributed by atoms with E-state index in [0.29, 0.717) is 11.0 Å². The van der Waals surface area contributed by atoms with E-state index in [9.17, 15) is 10.1 Å². The summed E-state index contributed by atoms with van der Waals surface area (Å²) in [6, 6.07) is 4.64. The molecule has 0 atom stereocenters. The molecule has 5 nitrogen and oxygen atoms in total. The summed E-state index contributed by atoms with van der Waals surface area (Å²) in [6.07, 6.45) is 0. The number of nitrogens with zero attached hydrogens (tertiary/aromatic N) is 2. The Labute approximate surface area is 116 Å². The molecule has 2 rings (SSSR count). The van der Waals surface area contributed by atoms with E-state index >= 15 is 0 Å². The summed E-state index contributed by atoms with van der Waals surface area (Å²) in [5.74, 6) is 0. The van der Waals surface area contributed by atoms with E-state index in [2.05, 4.69) is 26.2 Å². The van der Waals surface area contributed by atoms with Crippen molar-refractivity contribution in [2.75, 3.05) is 5.32 Å². The molecule has 0 aliphatic heterocycles. The Kier molecular flexibility index (Phi) is 3.93. The Bertz CT molecular complexity index is 585. The average molecular weight is 328 g/mol. The van der Waals surface area contributed by atoms with Gasteiger partial charge in [0.25, 0.3) is 5.69 Å². The Morgan fingerprint density at radius 2 is 2.33 bits per heavy atom. The second-order valence-corrected chi connectivity index (χ2v) is 5.45. The van der Waals surface area contributed by atoms with Crippen LogP contribution in [0.1, 0.15) is 10.7 Å². The van der Waals surface area contributed by atoms with Gasteiger partial charge in [0, 0.05) is 33.4 Å². The van der Waals surface area contributed by atoms with Gasteiger partial charge in [-0.1, -0.05) is 0 Å². The molecule has 0 radical (unpaired) electrons. The number of thiazole rings is 1. The number of anilines is 1. The van der Waals surface area contributed by atoms with Crippen LogP contribution in [0.2, 0.25) is 0 Å². The minimum Gasteiger partial charge on any atom is -0.378 e. The van der Waals surface area contributed by atoms with Crippen LogP contribution in [-0.2, 0) is 6.54 Å². The van der Waals surface area contributed by atoms with E-state index in [4.69, 9.17) is 0 Å². The van der Waals surface area contributed by atoms with Crippen molar-refractivity contribution in [3.63, 3.8) is 0 Å². The molecule has 0 fully saturated rings. The van der Waals surface area contributed by atoms with Crippen molar-refractivity contribution in [1.29, 1.82) is 0 Å². The molecule has 2 aromatic rings.